The highest BCUT2D eigenvalue weighted by atomic mass is 16.3. The van der Waals surface area contributed by atoms with Crippen LogP contribution in [0.1, 0.15) is 46.5 Å². The molecule has 0 spiro atoms. The molecule has 0 saturated carbocycles. The maximum absolute atomic E-state index is 13.9. The van der Waals surface area contributed by atoms with Crippen LogP contribution < -0.4 is 5.73 Å². The Kier molecular flexibility index (Phi) is 6.52. The van der Waals surface area contributed by atoms with Crippen molar-refractivity contribution >= 4 is 23.2 Å². The maximum Gasteiger partial charge on any atom is 0.254 e. The number of Topliss-reactive ketones (excluding diaryl/α,β-unsaturated/α-hetero) is 2. The lowest BCUT2D eigenvalue weighted by atomic mass is 9.58. The summed E-state index contributed by atoms with van der Waals surface area (Å²) in [5.41, 5.74) is 1.87. The van der Waals surface area contributed by atoms with Gasteiger partial charge in [-0.25, -0.2) is 0 Å². The van der Waals surface area contributed by atoms with Gasteiger partial charge in [0, 0.05) is 29.1 Å². The van der Waals surface area contributed by atoms with E-state index in [1.54, 1.807) is 19.0 Å². The number of carbonyl (C=O) groups is 3. The van der Waals surface area contributed by atoms with E-state index in [1.165, 1.54) is 12.1 Å². The van der Waals surface area contributed by atoms with Crippen LogP contribution in [0.15, 0.2) is 46.9 Å². The Morgan fingerprint density at radius 1 is 1.15 bits per heavy atom. The molecule has 1 heterocycles. The van der Waals surface area contributed by atoms with E-state index in [0.717, 1.165) is 0 Å². The van der Waals surface area contributed by atoms with Gasteiger partial charge in [0.25, 0.3) is 5.91 Å². The standard InChI is InChI=1S/C29H34N4O7/c1-12-5-6-13(2)33(12)11-19(35)15-7-8-18(34)21-16(15)9-14-10-17-23(32(3)4)25(37)22(28(31)39)26(30)29(17,40)27(38)20(14)24(21)36/h5-8,12-14,17,23,30,34,37-38,40H,9-11H2,1-4H3,(H2,31,39)/t12?,13?,14-,17-,23+,29+/m0/s1. The monoisotopic (exact) mass is 550 g/mol. The Morgan fingerprint density at radius 2 is 1.77 bits per heavy atom. The smallest absolute Gasteiger partial charge is 0.254 e. The van der Waals surface area contributed by atoms with E-state index >= 15 is 0 Å². The number of fused-ring (bicyclic) bond motifs is 3. The first-order valence-electron chi connectivity index (χ1n) is 13.2. The zero-order chi connectivity index (χ0) is 29.4. The number of aliphatic hydroxyl groups is 3. The zero-order valence-electron chi connectivity index (χ0n) is 22.8. The van der Waals surface area contributed by atoms with Crippen LogP contribution in [0, 0.1) is 17.2 Å². The molecule has 0 radical (unpaired) electrons. The number of carbonyl (C=O) groups excluding carboxylic acids is 3. The Hall–Kier alpha value is -3.80. The molecule has 0 bridgehead atoms. The van der Waals surface area contributed by atoms with E-state index in [9.17, 15) is 34.8 Å². The molecule has 1 aromatic carbocycles. The van der Waals surface area contributed by atoms with Crippen molar-refractivity contribution in [2.45, 2.75) is 50.4 Å². The number of ketones is 2. The Labute approximate surface area is 231 Å². The van der Waals surface area contributed by atoms with E-state index < -0.39 is 58.0 Å². The molecule has 0 aromatic heterocycles. The minimum Gasteiger partial charge on any atom is -0.510 e. The van der Waals surface area contributed by atoms with Gasteiger partial charge in [-0.05, 0) is 64.4 Å². The number of hydrogen-bond donors (Lipinski definition) is 6. The van der Waals surface area contributed by atoms with E-state index in [0.29, 0.717) is 11.1 Å². The SMILES string of the molecule is CC1C=CC(C)N1CC(=O)c1ccc(O)c2c1C[C@H]1C[C@H]3[C@@H](N(C)C)C(O)=C(C(N)=O)C(=N)[C@@]3(O)C(O)=C1C2=O. The van der Waals surface area contributed by atoms with E-state index in [1.807, 2.05) is 30.9 Å². The average Bonchev–Trinajstić information content (AvgIpc) is 3.18. The molecule has 1 amide bonds. The van der Waals surface area contributed by atoms with Crippen LogP contribution >= 0.6 is 0 Å². The molecule has 5 rings (SSSR count). The molecule has 6 atom stereocenters. The molecule has 2 unspecified atom stereocenters. The van der Waals surface area contributed by atoms with Gasteiger partial charge in [-0.15, -0.1) is 0 Å². The highest BCUT2D eigenvalue weighted by Gasteiger charge is 2.61. The summed E-state index contributed by atoms with van der Waals surface area (Å²) in [5.74, 6) is -5.51. The number of hydrogen-bond acceptors (Lipinski definition) is 10. The van der Waals surface area contributed by atoms with Gasteiger partial charge in [-0.2, -0.15) is 0 Å². The summed E-state index contributed by atoms with van der Waals surface area (Å²) in [7, 11) is 3.22. The third-order valence-corrected chi connectivity index (χ3v) is 9.00. The van der Waals surface area contributed by atoms with Gasteiger partial charge in [0.2, 0.25) is 0 Å². The van der Waals surface area contributed by atoms with Crippen LogP contribution in [-0.2, 0) is 11.2 Å². The lowest BCUT2D eigenvalue weighted by molar-refractivity contribution is -0.114. The van der Waals surface area contributed by atoms with Gasteiger partial charge >= 0.3 is 0 Å². The van der Waals surface area contributed by atoms with Crippen LogP contribution in [0.3, 0.4) is 0 Å². The largest absolute Gasteiger partial charge is 0.510 e. The first-order chi connectivity index (χ1) is 18.7. The molecule has 3 aliphatic carbocycles. The zero-order valence-corrected chi connectivity index (χ0v) is 22.8. The second kappa shape index (κ2) is 9.39. The van der Waals surface area contributed by atoms with Gasteiger partial charge in [-0.3, -0.25) is 24.2 Å². The lowest BCUT2D eigenvalue weighted by Gasteiger charge is -2.51. The van der Waals surface area contributed by atoms with Crippen molar-refractivity contribution in [2.75, 3.05) is 20.6 Å². The van der Waals surface area contributed by atoms with Crippen molar-refractivity contribution in [1.82, 2.24) is 9.80 Å². The third kappa shape index (κ3) is 3.75. The average molecular weight is 551 g/mol. The van der Waals surface area contributed by atoms with E-state index in [2.05, 4.69) is 0 Å². The summed E-state index contributed by atoms with van der Waals surface area (Å²) in [5, 5.41) is 53.5. The molecule has 0 saturated heterocycles. The fourth-order valence-corrected chi connectivity index (χ4v) is 7.02. The van der Waals surface area contributed by atoms with Crippen LogP contribution in [0.2, 0.25) is 0 Å². The third-order valence-electron chi connectivity index (χ3n) is 9.00. The van der Waals surface area contributed by atoms with Gasteiger partial charge < -0.3 is 31.6 Å². The van der Waals surface area contributed by atoms with Gasteiger partial charge in [0.1, 0.15) is 22.8 Å². The number of rotatable bonds is 5. The normalized spacial score (nSPS) is 31.9. The number of phenols is 1. The number of benzene rings is 1. The number of nitrogens with zero attached hydrogens (tertiary/aromatic N) is 2. The molecular formula is C29H34N4O7. The summed E-state index contributed by atoms with van der Waals surface area (Å²) in [6.07, 6.45) is 4.18. The predicted molar refractivity (Wildman–Crippen MR) is 145 cm³/mol. The molecule has 11 nitrogen and oxygen atoms in total. The van der Waals surface area contributed by atoms with Crippen LogP contribution in [0.4, 0.5) is 0 Å². The molecule has 40 heavy (non-hydrogen) atoms. The Morgan fingerprint density at radius 3 is 2.35 bits per heavy atom. The van der Waals surface area contributed by atoms with Crippen molar-refractivity contribution in [3.05, 3.63) is 63.6 Å². The minimum absolute atomic E-state index is 0.0375. The number of nitrogens with two attached hydrogens (primary N) is 1. The summed E-state index contributed by atoms with van der Waals surface area (Å²) >= 11 is 0. The van der Waals surface area contributed by atoms with Crippen molar-refractivity contribution in [2.24, 2.45) is 17.6 Å². The van der Waals surface area contributed by atoms with Crippen molar-refractivity contribution < 1.29 is 34.8 Å². The molecular weight excluding hydrogens is 516 g/mol. The lowest BCUT2D eigenvalue weighted by Crippen LogP contribution is -2.63. The first kappa shape index (κ1) is 27.8. The van der Waals surface area contributed by atoms with E-state index in [4.69, 9.17) is 11.1 Å². The number of primary amides is 1. The van der Waals surface area contributed by atoms with Crippen LogP contribution in [0.5, 0.6) is 5.75 Å². The summed E-state index contributed by atoms with van der Waals surface area (Å²) < 4.78 is 0. The highest BCUT2D eigenvalue weighted by molar-refractivity contribution is 6.26. The number of nitrogens with one attached hydrogen (secondary N) is 1. The van der Waals surface area contributed by atoms with E-state index in [-0.39, 0.29) is 54.1 Å². The van der Waals surface area contributed by atoms with Crippen LogP contribution in [-0.4, -0.2) is 97.8 Å². The fourth-order valence-electron chi connectivity index (χ4n) is 7.02. The fraction of sp³-hybridized carbons (Fsp3) is 0.448. The topological polar surface area (TPSA) is 188 Å². The minimum atomic E-state index is -2.48. The second-order valence-corrected chi connectivity index (χ2v) is 11.5. The summed E-state index contributed by atoms with van der Waals surface area (Å²) in [6, 6.07) is 1.90. The number of aromatic hydroxyl groups is 1. The summed E-state index contributed by atoms with van der Waals surface area (Å²) in [6.45, 7) is 4.08. The molecule has 7 N–H and O–H groups in total. The number of aliphatic hydroxyl groups excluding tert-OH is 2. The van der Waals surface area contributed by atoms with Gasteiger partial charge in [0.05, 0.1) is 23.9 Å². The molecule has 1 aromatic rings. The Balaban J connectivity index is 1.62. The van der Waals surface area contributed by atoms with Gasteiger partial charge in [-0.1, -0.05) is 12.2 Å². The highest BCUT2D eigenvalue weighted by Crippen LogP contribution is 2.52. The van der Waals surface area contributed by atoms with Crippen LogP contribution in [0.25, 0.3) is 0 Å². The molecule has 1 aliphatic heterocycles. The van der Waals surface area contributed by atoms with Gasteiger partial charge in [0.15, 0.2) is 17.2 Å². The molecule has 212 valence electrons. The number of likely N-dealkylation sites (N-methyl/N-ethyl adjacent to an activating group) is 1. The molecule has 0 fully saturated rings. The van der Waals surface area contributed by atoms with Crippen molar-refractivity contribution in [1.29, 1.82) is 5.41 Å². The summed E-state index contributed by atoms with van der Waals surface area (Å²) in [4.78, 5) is 43.1. The van der Waals surface area contributed by atoms with Crippen molar-refractivity contribution in [3.63, 3.8) is 0 Å². The first-order valence-corrected chi connectivity index (χ1v) is 13.2. The van der Waals surface area contributed by atoms with Crippen molar-refractivity contribution in [3.8, 4) is 5.75 Å². The number of phenolic OH excluding ortho intramolecular Hbond substituents is 1. The maximum atomic E-state index is 13.9. The second-order valence-electron chi connectivity index (χ2n) is 11.5. The molecule has 4 aliphatic rings. The quantitative estimate of drug-likeness (QED) is 0.233. The Bertz CT molecular complexity index is 1450. The number of amides is 1. The predicted octanol–water partition coefficient (Wildman–Crippen LogP) is 1.40. The molecule has 11 heteroatoms. The number of allylic oxidation sites excluding steroid dienone is 1.